The van der Waals surface area contributed by atoms with Crippen molar-refractivity contribution < 1.29 is 23.8 Å². The van der Waals surface area contributed by atoms with E-state index in [2.05, 4.69) is 13.2 Å². The van der Waals surface area contributed by atoms with Gasteiger partial charge in [0.2, 0.25) is 0 Å². The Morgan fingerprint density at radius 2 is 1.32 bits per heavy atom. The summed E-state index contributed by atoms with van der Waals surface area (Å²) in [6.07, 6.45) is 2.60. The number of hydrogen-bond donors (Lipinski definition) is 0. The Balaban J connectivity index is 2.35. The lowest BCUT2D eigenvalue weighted by molar-refractivity contribution is -0.309. The maximum absolute atomic E-state index is 12.4. The summed E-state index contributed by atoms with van der Waals surface area (Å²) in [6, 6.07) is 17.2. The smallest absolute Gasteiger partial charge is 0.420 e. The monoisotopic (exact) mass is 422 g/mol. The molecule has 164 valence electrons. The van der Waals surface area contributed by atoms with Gasteiger partial charge in [-0.1, -0.05) is 75.4 Å². The van der Waals surface area contributed by atoms with Crippen LogP contribution in [0.3, 0.4) is 0 Å². The van der Waals surface area contributed by atoms with Crippen molar-refractivity contribution in [1.29, 1.82) is 0 Å². The molecule has 5 nitrogen and oxygen atoms in total. The maximum atomic E-state index is 12.4. The van der Waals surface area contributed by atoms with Gasteiger partial charge in [0.25, 0.3) is 0 Å². The van der Waals surface area contributed by atoms with Crippen LogP contribution in [-0.2, 0) is 19.1 Å². The van der Waals surface area contributed by atoms with Gasteiger partial charge in [-0.25, -0.2) is 9.59 Å². The van der Waals surface area contributed by atoms with Crippen LogP contribution in [0.5, 0.6) is 5.75 Å². The van der Waals surface area contributed by atoms with Crippen molar-refractivity contribution in [3.63, 3.8) is 0 Å². The molecule has 31 heavy (non-hydrogen) atoms. The van der Waals surface area contributed by atoms with Crippen LogP contribution in [0.15, 0.2) is 78.9 Å². The van der Waals surface area contributed by atoms with Gasteiger partial charge in [0.1, 0.15) is 5.75 Å². The summed E-state index contributed by atoms with van der Waals surface area (Å²) in [7, 11) is 0. The highest BCUT2D eigenvalue weighted by Crippen LogP contribution is 2.30. The average molecular weight is 423 g/mol. The van der Waals surface area contributed by atoms with Crippen LogP contribution >= 0.6 is 0 Å². The molecule has 0 bridgehead atoms. The van der Waals surface area contributed by atoms with Gasteiger partial charge in [-0.3, -0.25) is 0 Å². The standard InChI is InChI=1S/C26H30O5/c1-6-7-11-18-26(30-24(27)19(2)3,31-25(28)20(4)5)29-23-16-14-22(15-17-23)21-12-9-8-10-13-21/h8-10,12-17H,2,4,6-7,11,18H2,1,3,5H3. The summed E-state index contributed by atoms with van der Waals surface area (Å²) in [5.41, 5.74) is 2.41. The molecule has 0 saturated carbocycles. The molecule has 0 radical (unpaired) electrons. The fraction of sp³-hybridized carbons (Fsp3) is 0.308. The van der Waals surface area contributed by atoms with Crippen molar-refractivity contribution in [1.82, 2.24) is 0 Å². The summed E-state index contributed by atoms with van der Waals surface area (Å²) in [6.45, 7) is 12.3. The van der Waals surface area contributed by atoms with Gasteiger partial charge >= 0.3 is 17.9 Å². The van der Waals surface area contributed by atoms with Crippen molar-refractivity contribution in [2.24, 2.45) is 0 Å². The Morgan fingerprint density at radius 1 is 0.806 bits per heavy atom. The first-order valence-electron chi connectivity index (χ1n) is 10.4. The largest absolute Gasteiger partial charge is 0.421 e. The van der Waals surface area contributed by atoms with Gasteiger partial charge < -0.3 is 14.2 Å². The first kappa shape index (κ1) is 23.9. The number of benzene rings is 2. The fourth-order valence-electron chi connectivity index (χ4n) is 2.79. The van der Waals surface area contributed by atoms with E-state index in [1.54, 1.807) is 12.1 Å². The molecule has 0 aromatic heterocycles. The Morgan fingerprint density at radius 3 is 1.81 bits per heavy atom. The molecule has 0 aliphatic heterocycles. The molecule has 5 heteroatoms. The van der Waals surface area contributed by atoms with E-state index in [1.165, 1.54) is 13.8 Å². The second-order valence-electron chi connectivity index (χ2n) is 7.47. The Kier molecular flexibility index (Phi) is 8.62. The van der Waals surface area contributed by atoms with Gasteiger partial charge in [-0.15, -0.1) is 0 Å². The van der Waals surface area contributed by atoms with Crippen LogP contribution in [0.4, 0.5) is 0 Å². The molecule has 0 spiro atoms. The number of rotatable bonds is 11. The average Bonchev–Trinajstić information content (AvgIpc) is 2.75. The first-order valence-corrected chi connectivity index (χ1v) is 10.4. The first-order chi connectivity index (χ1) is 14.8. The zero-order valence-electron chi connectivity index (χ0n) is 18.5. The van der Waals surface area contributed by atoms with Gasteiger partial charge in [0.15, 0.2) is 0 Å². The molecule has 0 saturated heterocycles. The molecule has 0 aliphatic rings. The number of ether oxygens (including phenoxy) is 3. The summed E-state index contributed by atoms with van der Waals surface area (Å²) in [5.74, 6) is -2.91. The topological polar surface area (TPSA) is 61.8 Å². The third-order valence-electron chi connectivity index (χ3n) is 4.51. The zero-order valence-corrected chi connectivity index (χ0v) is 18.5. The van der Waals surface area contributed by atoms with Crippen molar-refractivity contribution >= 4 is 11.9 Å². The van der Waals surface area contributed by atoms with Gasteiger partial charge in [-0.2, -0.15) is 0 Å². The van der Waals surface area contributed by atoms with E-state index in [1.807, 2.05) is 49.4 Å². The van der Waals surface area contributed by atoms with Gasteiger partial charge in [0, 0.05) is 11.1 Å². The Labute approximate surface area is 184 Å². The number of carbonyl (C=O) groups is 2. The molecule has 0 unspecified atom stereocenters. The molecule has 2 aromatic rings. The molecule has 2 aromatic carbocycles. The predicted octanol–water partition coefficient (Wildman–Crippen LogP) is 6.21. The second-order valence-corrected chi connectivity index (χ2v) is 7.47. The molecule has 0 aliphatic carbocycles. The van der Waals surface area contributed by atoms with E-state index in [0.717, 1.165) is 24.0 Å². The van der Waals surface area contributed by atoms with Crippen molar-refractivity contribution in [3.05, 3.63) is 78.9 Å². The lowest BCUT2D eigenvalue weighted by Crippen LogP contribution is -2.46. The van der Waals surface area contributed by atoms with Crippen molar-refractivity contribution in [2.45, 2.75) is 52.4 Å². The van der Waals surface area contributed by atoms with E-state index in [-0.39, 0.29) is 17.6 Å². The predicted molar refractivity (Wildman–Crippen MR) is 121 cm³/mol. The van der Waals surface area contributed by atoms with E-state index in [0.29, 0.717) is 12.2 Å². The molecule has 0 atom stereocenters. The SMILES string of the molecule is C=C(C)C(=O)OC(CCCCC)(OC(=O)C(=C)C)Oc1ccc(-c2ccccc2)cc1. The van der Waals surface area contributed by atoms with Crippen molar-refractivity contribution in [3.8, 4) is 16.9 Å². The van der Waals surface area contributed by atoms with Crippen LogP contribution in [0.2, 0.25) is 0 Å². The van der Waals surface area contributed by atoms with E-state index >= 15 is 0 Å². The highest BCUT2D eigenvalue weighted by Gasteiger charge is 2.42. The lowest BCUT2D eigenvalue weighted by atomic mass is 10.1. The Hall–Kier alpha value is -3.34. The highest BCUT2D eigenvalue weighted by molar-refractivity contribution is 5.89. The minimum absolute atomic E-state index is 0.175. The normalized spacial score (nSPS) is 10.8. The third-order valence-corrected chi connectivity index (χ3v) is 4.51. The third kappa shape index (κ3) is 7.14. The van der Waals surface area contributed by atoms with Gasteiger partial charge in [-0.05, 0) is 43.5 Å². The van der Waals surface area contributed by atoms with Crippen LogP contribution in [-0.4, -0.2) is 17.9 Å². The fourth-order valence-corrected chi connectivity index (χ4v) is 2.79. The molecule has 0 amide bonds. The minimum atomic E-state index is -1.91. The molecule has 0 fully saturated rings. The quantitative estimate of drug-likeness (QED) is 0.187. The van der Waals surface area contributed by atoms with Crippen LogP contribution in [0.25, 0.3) is 11.1 Å². The van der Waals surface area contributed by atoms with Crippen LogP contribution in [0.1, 0.15) is 46.5 Å². The van der Waals surface area contributed by atoms with E-state index in [4.69, 9.17) is 14.2 Å². The van der Waals surface area contributed by atoms with Crippen LogP contribution < -0.4 is 4.74 Å². The highest BCUT2D eigenvalue weighted by atomic mass is 16.9. The van der Waals surface area contributed by atoms with E-state index < -0.39 is 17.9 Å². The second kappa shape index (κ2) is 11.2. The molecule has 0 heterocycles. The number of carbonyl (C=O) groups excluding carboxylic acids is 2. The number of hydrogen-bond acceptors (Lipinski definition) is 5. The summed E-state index contributed by atoms with van der Waals surface area (Å²) in [5, 5.41) is 0. The van der Waals surface area contributed by atoms with E-state index in [9.17, 15) is 9.59 Å². The molecular formula is C26H30O5. The molecule has 0 N–H and O–H groups in total. The molecular weight excluding hydrogens is 392 g/mol. The summed E-state index contributed by atoms with van der Waals surface area (Å²) < 4.78 is 17.1. The Bertz CT molecular complexity index is 885. The van der Waals surface area contributed by atoms with Gasteiger partial charge in [0.05, 0.1) is 6.42 Å². The minimum Gasteiger partial charge on any atom is -0.420 e. The number of esters is 2. The lowest BCUT2D eigenvalue weighted by Gasteiger charge is -2.32. The maximum Gasteiger partial charge on any atom is 0.421 e. The summed E-state index contributed by atoms with van der Waals surface area (Å²) in [4.78, 5) is 24.7. The summed E-state index contributed by atoms with van der Waals surface area (Å²) >= 11 is 0. The molecule has 2 rings (SSSR count). The van der Waals surface area contributed by atoms with Crippen molar-refractivity contribution in [2.75, 3.05) is 0 Å². The van der Waals surface area contributed by atoms with Crippen LogP contribution in [0, 0.1) is 0 Å². The zero-order chi connectivity index (χ0) is 22.9. The number of unbranched alkanes of at least 4 members (excludes halogenated alkanes) is 2.